The Balaban J connectivity index is 1.68. The van der Waals surface area contributed by atoms with E-state index < -0.39 is 0 Å². The summed E-state index contributed by atoms with van der Waals surface area (Å²) >= 11 is 0. The molecular formula is C21H26N4O2. The number of carbonyl (C=O) groups is 1. The fourth-order valence-corrected chi connectivity index (χ4v) is 4.42. The Bertz CT molecular complexity index is 917. The van der Waals surface area contributed by atoms with Crippen LogP contribution in [0.25, 0.3) is 11.3 Å². The first-order valence-electron chi connectivity index (χ1n) is 9.51. The lowest BCUT2D eigenvalue weighted by atomic mass is 9.82. The van der Waals surface area contributed by atoms with Crippen molar-refractivity contribution in [3.63, 3.8) is 0 Å². The van der Waals surface area contributed by atoms with Crippen molar-refractivity contribution >= 4 is 5.91 Å². The molecule has 1 amide bonds. The van der Waals surface area contributed by atoms with Crippen LogP contribution in [-0.2, 0) is 17.9 Å². The van der Waals surface area contributed by atoms with Crippen LogP contribution in [0.15, 0.2) is 35.3 Å². The summed E-state index contributed by atoms with van der Waals surface area (Å²) in [6.07, 6.45) is 2.92. The fraction of sp³-hybridized carbons (Fsp3) is 0.476. The van der Waals surface area contributed by atoms with Gasteiger partial charge in [0.15, 0.2) is 0 Å². The van der Waals surface area contributed by atoms with Crippen LogP contribution in [0, 0.1) is 5.92 Å². The van der Waals surface area contributed by atoms with Gasteiger partial charge < -0.3 is 14.4 Å². The Morgan fingerprint density at radius 3 is 2.70 bits per heavy atom. The molecule has 2 aromatic heterocycles. The second kappa shape index (κ2) is 6.93. The summed E-state index contributed by atoms with van der Waals surface area (Å²) in [6, 6.07) is 7.84. The number of rotatable bonds is 3. The number of pyridine rings is 2. The van der Waals surface area contributed by atoms with Gasteiger partial charge in [0.2, 0.25) is 5.91 Å². The van der Waals surface area contributed by atoms with Crippen LogP contribution in [0.2, 0.25) is 0 Å². The molecular weight excluding hydrogens is 340 g/mol. The summed E-state index contributed by atoms with van der Waals surface area (Å²) in [5.74, 6) is 0.712. The number of hydrogen-bond acceptors (Lipinski definition) is 4. The van der Waals surface area contributed by atoms with Gasteiger partial charge in [-0.2, -0.15) is 0 Å². The molecule has 2 bridgehead atoms. The number of nitrogens with zero attached hydrogens (tertiary/aromatic N) is 4. The minimum Gasteiger partial charge on any atom is -0.342 e. The van der Waals surface area contributed by atoms with Crippen molar-refractivity contribution in [2.75, 3.05) is 27.2 Å². The molecule has 0 aromatic carbocycles. The van der Waals surface area contributed by atoms with Crippen molar-refractivity contribution < 1.29 is 4.79 Å². The van der Waals surface area contributed by atoms with E-state index in [1.54, 1.807) is 13.0 Å². The van der Waals surface area contributed by atoms with Crippen LogP contribution in [0.4, 0.5) is 0 Å². The van der Waals surface area contributed by atoms with E-state index in [-0.39, 0.29) is 17.4 Å². The van der Waals surface area contributed by atoms with E-state index in [0.717, 1.165) is 42.0 Å². The Kier molecular flexibility index (Phi) is 4.60. The van der Waals surface area contributed by atoms with Gasteiger partial charge >= 0.3 is 0 Å². The topological polar surface area (TPSA) is 58.4 Å². The first kappa shape index (κ1) is 17.9. The third-order valence-corrected chi connectivity index (χ3v) is 5.62. The van der Waals surface area contributed by atoms with Crippen LogP contribution in [0.5, 0.6) is 0 Å². The van der Waals surface area contributed by atoms with E-state index in [0.29, 0.717) is 19.0 Å². The highest BCUT2D eigenvalue weighted by molar-refractivity contribution is 5.73. The van der Waals surface area contributed by atoms with Gasteiger partial charge in [0.25, 0.3) is 5.56 Å². The quantitative estimate of drug-likeness (QED) is 0.833. The van der Waals surface area contributed by atoms with Crippen molar-refractivity contribution in [3.05, 3.63) is 52.1 Å². The number of carbonyl (C=O) groups excluding carboxylic acids is 1. The summed E-state index contributed by atoms with van der Waals surface area (Å²) in [7, 11) is 4.06. The van der Waals surface area contributed by atoms with Crippen LogP contribution in [0.3, 0.4) is 0 Å². The van der Waals surface area contributed by atoms with Gasteiger partial charge in [-0.15, -0.1) is 0 Å². The average Bonchev–Trinajstić information content (AvgIpc) is 2.62. The van der Waals surface area contributed by atoms with Gasteiger partial charge in [-0.05, 0) is 44.1 Å². The van der Waals surface area contributed by atoms with Gasteiger partial charge in [-0.25, -0.2) is 0 Å². The summed E-state index contributed by atoms with van der Waals surface area (Å²) in [5, 5.41) is 0. The molecule has 4 heterocycles. The first-order chi connectivity index (χ1) is 12.9. The number of aromatic nitrogens is 2. The van der Waals surface area contributed by atoms with Crippen molar-refractivity contribution in [3.8, 4) is 11.3 Å². The molecule has 4 rings (SSSR count). The highest BCUT2D eigenvalue weighted by Crippen LogP contribution is 2.36. The number of fused-ring (bicyclic) bond motifs is 4. The molecule has 0 unspecified atom stereocenters. The van der Waals surface area contributed by atoms with Crippen LogP contribution in [0.1, 0.15) is 30.5 Å². The third kappa shape index (κ3) is 3.54. The van der Waals surface area contributed by atoms with Crippen molar-refractivity contribution in [2.24, 2.45) is 5.92 Å². The SMILES string of the molecule is CC(=O)N1C[C@@H]2C[C@H](C1)c1cc(-c3ccc(CN(C)C)cn3)cc(=O)n1C2. The minimum absolute atomic E-state index is 0.0349. The normalized spacial score (nSPS) is 21.3. The summed E-state index contributed by atoms with van der Waals surface area (Å²) in [5.41, 5.74) is 3.90. The molecule has 6 nitrogen and oxygen atoms in total. The van der Waals surface area contributed by atoms with Crippen LogP contribution >= 0.6 is 0 Å². The lowest BCUT2D eigenvalue weighted by Crippen LogP contribution is -2.48. The number of hydrogen-bond donors (Lipinski definition) is 0. The Hall–Kier alpha value is -2.47. The zero-order valence-electron chi connectivity index (χ0n) is 16.2. The van der Waals surface area contributed by atoms with Gasteiger partial charge in [-0.1, -0.05) is 6.07 Å². The second-order valence-corrected chi connectivity index (χ2v) is 8.13. The van der Waals surface area contributed by atoms with Gasteiger partial charge in [-0.3, -0.25) is 14.6 Å². The van der Waals surface area contributed by atoms with E-state index in [1.165, 1.54) is 0 Å². The maximum Gasteiger partial charge on any atom is 0.251 e. The Morgan fingerprint density at radius 2 is 2.04 bits per heavy atom. The first-order valence-corrected chi connectivity index (χ1v) is 9.51. The molecule has 2 atom stereocenters. The molecule has 2 aliphatic rings. The molecule has 0 N–H and O–H groups in total. The van der Waals surface area contributed by atoms with Gasteiger partial charge in [0.1, 0.15) is 0 Å². The maximum absolute atomic E-state index is 12.8. The maximum atomic E-state index is 12.8. The molecule has 142 valence electrons. The standard InChI is InChI=1S/C21H26N4O2/c1-14(26)24-11-16-6-18(13-24)20-7-17(8-21(27)25(20)12-16)19-5-4-15(9-22-19)10-23(2)3/h4-5,7-9,16,18H,6,10-13H2,1-3H3/t16-,18+/m0/s1. The van der Waals surface area contributed by atoms with Crippen molar-refractivity contribution in [1.29, 1.82) is 0 Å². The van der Waals surface area contributed by atoms with E-state index in [1.807, 2.05) is 35.8 Å². The summed E-state index contributed by atoms with van der Waals surface area (Å²) in [4.78, 5) is 33.2. The predicted molar refractivity (Wildman–Crippen MR) is 104 cm³/mol. The Morgan fingerprint density at radius 1 is 1.22 bits per heavy atom. The molecule has 0 saturated carbocycles. The highest BCUT2D eigenvalue weighted by atomic mass is 16.2. The van der Waals surface area contributed by atoms with Gasteiger partial charge in [0.05, 0.1) is 5.69 Å². The number of amides is 1. The summed E-state index contributed by atoms with van der Waals surface area (Å²) in [6.45, 7) is 4.62. The third-order valence-electron chi connectivity index (χ3n) is 5.62. The minimum atomic E-state index is 0.0349. The average molecular weight is 366 g/mol. The molecule has 1 saturated heterocycles. The summed E-state index contributed by atoms with van der Waals surface area (Å²) < 4.78 is 1.90. The smallest absolute Gasteiger partial charge is 0.251 e. The lowest BCUT2D eigenvalue weighted by Gasteiger charge is -2.42. The molecule has 0 aliphatic carbocycles. The highest BCUT2D eigenvalue weighted by Gasteiger charge is 2.35. The van der Waals surface area contributed by atoms with E-state index in [9.17, 15) is 9.59 Å². The van der Waals surface area contributed by atoms with Crippen molar-refractivity contribution in [1.82, 2.24) is 19.4 Å². The zero-order valence-corrected chi connectivity index (χ0v) is 16.2. The molecule has 0 radical (unpaired) electrons. The second-order valence-electron chi connectivity index (χ2n) is 8.13. The van der Waals surface area contributed by atoms with Gasteiger partial charge in [0, 0.05) is 62.5 Å². The van der Waals surface area contributed by atoms with Crippen LogP contribution < -0.4 is 5.56 Å². The molecule has 0 spiro atoms. The molecule has 2 aromatic rings. The molecule has 1 fully saturated rings. The molecule has 27 heavy (non-hydrogen) atoms. The van der Waals surface area contributed by atoms with E-state index >= 15 is 0 Å². The van der Waals surface area contributed by atoms with E-state index in [4.69, 9.17) is 0 Å². The van der Waals surface area contributed by atoms with Crippen LogP contribution in [-0.4, -0.2) is 52.4 Å². The van der Waals surface area contributed by atoms with E-state index in [2.05, 4.69) is 22.0 Å². The predicted octanol–water partition coefficient (Wildman–Crippen LogP) is 1.94. The van der Waals surface area contributed by atoms with Crippen molar-refractivity contribution in [2.45, 2.75) is 32.4 Å². The zero-order chi connectivity index (χ0) is 19.1. The number of likely N-dealkylation sites (tertiary alicyclic amines) is 1. The Labute approximate surface area is 159 Å². The molecule has 6 heteroatoms. The lowest BCUT2D eigenvalue weighted by molar-refractivity contribution is -0.131. The monoisotopic (exact) mass is 366 g/mol. The fourth-order valence-electron chi connectivity index (χ4n) is 4.42. The largest absolute Gasteiger partial charge is 0.342 e. The number of piperidine rings is 1. The molecule has 2 aliphatic heterocycles.